The fourth-order valence-electron chi connectivity index (χ4n) is 7.94. The molecule has 0 aromatic carbocycles. The molecule has 48 heavy (non-hydrogen) atoms. The van der Waals surface area contributed by atoms with Crippen molar-refractivity contribution in [3.05, 3.63) is 66.2 Å². The average Bonchev–Trinajstić information content (AvgIpc) is 3.67. The lowest BCUT2D eigenvalue weighted by Crippen LogP contribution is -2.68. The van der Waals surface area contributed by atoms with Crippen molar-refractivity contribution in [2.75, 3.05) is 51.3 Å². The second kappa shape index (κ2) is 13.5. The number of likely N-dealkylation sites (tertiary alicyclic amines) is 1. The first-order valence-electron chi connectivity index (χ1n) is 17.0. The highest BCUT2D eigenvalue weighted by molar-refractivity contribution is 5.85. The summed E-state index contributed by atoms with van der Waals surface area (Å²) < 4.78 is 13.2. The molecule has 2 bridgehead atoms. The fraction of sp³-hybridized carbons (Fsp3) is 0.500. The van der Waals surface area contributed by atoms with Gasteiger partial charge in [-0.2, -0.15) is 10.4 Å². The second-order valence-corrected chi connectivity index (χ2v) is 13.9. The van der Waals surface area contributed by atoms with E-state index in [4.69, 9.17) is 20.2 Å². The van der Waals surface area contributed by atoms with Crippen LogP contribution in [0.5, 0.6) is 11.6 Å². The molecule has 5 aliphatic rings. The number of anilines is 1. The molecule has 4 aromatic heterocycles. The van der Waals surface area contributed by atoms with Gasteiger partial charge < -0.3 is 25.0 Å². The number of unbranched alkanes of at least 4 members (excludes halogenated alkanes) is 2. The standard InChI is InChI=1S/C36H43N9O2.ClH/c1-46-34-8-5-25(16-40-34)19-44-28-13-29(44)21-43(20-28)33-7-6-26(17-39-33)31-14-30(22-45-35(31)27(15-37)18-41-45)47-12-4-2-3-11-42-23-32(38)36(24-42)9-10-36;/h5-8,14,16-18,22,28-29,32H,2-4,9-13,19-21,23-24,38H2,1H3;1H/t28?,29?,32-;/m0./s1. The van der Waals surface area contributed by atoms with E-state index in [1.54, 1.807) is 17.8 Å². The van der Waals surface area contributed by atoms with Crippen LogP contribution >= 0.6 is 12.4 Å². The minimum absolute atomic E-state index is 0. The van der Waals surface area contributed by atoms with Crippen LogP contribution in [-0.2, 0) is 6.54 Å². The van der Waals surface area contributed by atoms with Gasteiger partial charge >= 0.3 is 0 Å². The van der Waals surface area contributed by atoms with Crippen LogP contribution in [0.15, 0.2) is 55.1 Å². The van der Waals surface area contributed by atoms with Crippen molar-refractivity contribution < 1.29 is 9.47 Å². The van der Waals surface area contributed by atoms with Crippen molar-refractivity contribution in [1.82, 2.24) is 29.4 Å². The van der Waals surface area contributed by atoms with Gasteiger partial charge in [-0.25, -0.2) is 14.5 Å². The summed E-state index contributed by atoms with van der Waals surface area (Å²) in [6.45, 7) is 6.80. The van der Waals surface area contributed by atoms with Gasteiger partial charge in [-0.1, -0.05) is 6.07 Å². The van der Waals surface area contributed by atoms with Crippen LogP contribution in [0, 0.1) is 16.7 Å². The first kappa shape index (κ1) is 32.6. The van der Waals surface area contributed by atoms with Gasteiger partial charge in [0, 0.05) is 80.4 Å². The molecule has 4 aromatic rings. The smallest absolute Gasteiger partial charge is 0.212 e. The van der Waals surface area contributed by atoms with Crippen LogP contribution in [0.2, 0.25) is 0 Å². The highest BCUT2D eigenvalue weighted by Crippen LogP contribution is 2.52. The third-order valence-corrected chi connectivity index (χ3v) is 10.9. The normalized spacial score (nSPS) is 22.7. The Labute approximate surface area is 288 Å². The Balaban J connectivity index is 0.00000364. The topological polar surface area (TPSA) is 121 Å². The lowest BCUT2D eigenvalue weighted by molar-refractivity contribution is -0.00876. The highest BCUT2D eigenvalue weighted by atomic mass is 35.5. The molecule has 5 fully saturated rings. The SMILES string of the molecule is COc1ccc(CN2C3CC2CN(c2ccc(-c4cc(OCCCCCN5C[C@H](N)C6(CC6)C5)cn5ncc(C#N)c45)cn2)C3)cn1.Cl. The number of nitriles is 1. The Morgan fingerprint density at radius 1 is 1.02 bits per heavy atom. The first-order valence-corrected chi connectivity index (χ1v) is 17.0. The number of piperazine rings is 1. The summed E-state index contributed by atoms with van der Waals surface area (Å²) in [4.78, 5) is 16.8. The molecule has 4 aliphatic heterocycles. The monoisotopic (exact) mass is 669 g/mol. The van der Waals surface area contributed by atoms with Gasteiger partial charge in [0.1, 0.15) is 17.6 Å². The van der Waals surface area contributed by atoms with Crippen LogP contribution in [0.1, 0.15) is 49.7 Å². The van der Waals surface area contributed by atoms with Crippen LogP contribution in [0.4, 0.5) is 5.82 Å². The lowest BCUT2D eigenvalue weighted by atomic mass is 9.87. The number of nitrogens with zero attached hydrogens (tertiary/aromatic N) is 8. The van der Waals surface area contributed by atoms with Crippen molar-refractivity contribution in [3.8, 4) is 28.8 Å². The van der Waals surface area contributed by atoms with Gasteiger partial charge in [0.2, 0.25) is 5.88 Å². The minimum Gasteiger partial charge on any atom is -0.492 e. The Morgan fingerprint density at radius 3 is 2.56 bits per heavy atom. The number of hydrogen-bond donors (Lipinski definition) is 1. The zero-order valence-corrected chi connectivity index (χ0v) is 28.3. The van der Waals surface area contributed by atoms with Gasteiger partial charge in [0.25, 0.3) is 0 Å². The third kappa shape index (κ3) is 6.30. The van der Waals surface area contributed by atoms with Crippen molar-refractivity contribution >= 4 is 23.7 Å². The number of piperidine rings is 1. The van der Waals surface area contributed by atoms with Crippen molar-refractivity contribution in [1.29, 1.82) is 5.26 Å². The number of hydrogen-bond acceptors (Lipinski definition) is 10. The average molecular weight is 670 g/mol. The Bertz CT molecular complexity index is 1760. The molecule has 9 rings (SSSR count). The number of aromatic nitrogens is 4. The van der Waals surface area contributed by atoms with Crippen LogP contribution < -0.4 is 20.1 Å². The lowest BCUT2D eigenvalue weighted by Gasteiger charge is -2.56. The van der Waals surface area contributed by atoms with Gasteiger partial charge in [-0.05, 0) is 74.2 Å². The predicted molar refractivity (Wildman–Crippen MR) is 187 cm³/mol. The molecule has 0 amide bonds. The largest absolute Gasteiger partial charge is 0.492 e. The number of rotatable bonds is 12. The van der Waals surface area contributed by atoms with Gasteiger partial charge in [-0.15, -0.1) is 12.4 Å². The van der Waals surface area contributed by atoms with Gasteiger partial charge in [0.15, 0.2) is 0 Å². The number of halogens is 1. The Morgan fingerprint density at radius 2 is 1.88 bits per heavy atom. The van der Waals surface area contributed by atoms with E-state index in [2.05, 4.69) is 49.1 Å². The molecule has 4 saturated heterocycles. The van der Waals surface area contributed by atoms with E-state index in [0.717, 1.165) is 80.2 Å². The molecule has 2 N–H and O–H groups in total. The molecule has 2 unspecified atom stereocenters. The minimum atomic E-state index is 0. The molecular formula is C36H44ClN9O2. The molecule has 0 radical (unpaired) electrons. The van der Waals surface area contributed by atoms with E-state index in [-0.39, 0.29) is 12.4 Å². The number of nitrogens with two attached hydrogens (primary N) is 1. The number of methoxy groups -OCH3 is 1. The maximum atomic E-state index is 9.82. The summed E-state index contributed by atoms with van der Waals surface area (Å²) in [5.74, 6) is 2.37. The van der Waals surface area contributed by atoms with Crippen molar-refractivity contribution in [2.24, 2.45) is 11.1 Å². The van der Waals surface area contributed by atoms with Crippen molar-refractivity contribution in [3.63, 3.8) is 0 Å². The van der Waals surface area contributed by atoms with E-state index < -0.39 is 0 Å². The number of fused-ring (bicyclic) bond motifs is 3. The van der Waals surface area contributed by atoms with E-state index >= 15 is 0 Å². The Hall–Kier alpha value is -3.95. The molecule has 1 saturated carbocycles. The second-order valence-electron chi connectivity index (χ2n) is 13.9. The summed E-state index contributed by atoms with van der Waals surface area (Å²) in [7, 11) is 1.64. The molecule has 11 nitrogen and oxygen atoms in total. The number of pyridine rings is 3. The number of ether oxygens (including phenoxy) is 2. The van der Waals surface area contributed by atoms with Crippen molar-refractivity contribution in [2.45, 2.75) is 63.2 Å². The molecule has 12 heteroatoms. The van der Waals surface area contributed by atoms with Gasteiger partial charge in [0.05, 0.1) is 37.2 Å². The molecule has 3 atom stereocenters. The Kier molecular flexibility index (Phi) is 9.18. The van der Waals surface area contributed by atoms with E-state index in [0.29, 0.717) is 41.6 Å². The van der Waals surface area contributed by atoms with E-state index in [9.17, 15) is 5.26 Å². The first-order chi connectivity index (χ1) is 23.0. The van der Waals surface area contributed by atoms with Crippen LogP contribution in [0.3, 0.4) is 0 Å². The molecule has 1 spiro atoms. The predicted octanol–water partition coefficient (Wildman–Crippen LogP) is 4.53. The van der Waals surface area contributed by atoms with Crippen LogP contribution in [0.25, 0.3) is 16.6 Å². The summed E-state index contributed by atoms with van der Waals surface area (Å²) in [5, 5.41) is 14.3. The molecule has 1 aliphatic carbocycles. The van der Waals surface area contributed by atoms with E-state index in [1.165, 1.54) is 31.4 Å². The fourth-order valence-corrected chi connectivity index (χ4v) is 7.94. The molecular weight excluding hydrogens is 626 g/mol. The van der Waals surface area contributed by atoms with Gasteiger partial charge in [-0.3, -0.25) is 4.90 Å². The zero-order chi connectivity index (χ0) is 32.0. The molecule has 8 heterocycles. The van der Waals surface area contributed by atoms with Crippen LogP contribution in [-0.4, -0.2) is 93.9 Å². The summed E-state index contributed by atoms with van der Waals surface area (Å²) in [6, 6.07) is 13.9. The maximum Gasteiger partial charge on any atom is 0.212 e. The summed E-state index contributed by atoms with van der Waals surface area (Å²) >= 11 is 0. The third-order valence-electron chi connectivity index (χ3n) is 10.9. The summed E-state index contributed by atoms with van der Waals surface area (Å²) in [5.41, 5.74) is 11.2. The molecule has 252 valence electrons. The zero-order valence-electron chi connectivity index (χ0n) is 27.5. The summed E-state index contributed by atoms with van der Waals surface area (Å²) in [6.07, 6.45) is 14.4. The highest BCUT2D eigenvalue weighted by Gasteiger charge is 2.53. The van der Waals surface area contributed by atoms with E-state index in [1.807, 2.05) is 30.7 Å². The maximum absolute atomic E-state index is 9.82. The quantitative estimate of drug-likeness (QED) is 0.216.